The SMILES string of the molecule is COC1(C(=O)C2=COCCC2)CCCC(C)C1. The van der Waals surface area contributed by atoms with Gasteiger partial charge in [-0.05, 0) is 38.0 Å². The number of rotatable bonds is 3. The van der Waals surface area contributed by atoms with Gasteiger partial charge in [0.15, 0.2) is 5.78 Å². The molecule has 0 bridgehead atoms. The van der Waals surface area contributed by atoms with Crippen LogP contribution in [0.5, 0.6) is 0 Å². The van der Waals surface area contributed by atoms with Gasteiger partial charge in [-0.15, -0.1) is 0 Å². The zero-order valence-electron chi connectivity index (χ0n) is 10.8. The van der Waals surface area contributed by atoms with Crippen LogP contribution in [-0.2, 0) is 14.3 Å². The average Bonchev–Trinajstić information content (AvgIpc) is 2.38. The molecule has 0 amide bonds. The molecule has 0 aromatic heterocycles. The van der Waals surface area contributed by atoms with Gasteiger partial charge >= 0.3 is 0 Å². The summed E-state index contributed by atoms with van der Waals surface area (Å²) in [5.74, 6) is 0.726. The van der Waals surface area contributed by atoms with Crippen LogP contribution in [0.1, 0.15) is 45.4 Å². The first-order valence-electron chi connectivity index (χ1n) is 6.58. The van der Waals surface area contributed by atoms with Gasteiger partial charge in [0, 0.05) is 12.7 Å². The highest BCUT2D eigenvalue weighted by Crippen LogP contribution is 2.38. The van der Waals surface area contributed by atoms with Crippen LogP contribution in [0.2, 0.25) is 0 Å². The fourth-order valence-electron chi connectivity index (χ4n) is 3.01. The highest BCUT2D eigenvalue weighted by atomic mass is 16.5. The van der Waals surface area contributed by atoms with Gasteiger partial charge in [0.05, 0.1) is 12.9 Å². The first kappa shape index (κ1) is 12.6. The Balaban J connectivity index is 2.16. The summed E-state index contributed by atoms with van der Waals surface area (Å²) in [6.45, 7) is 2.93. The fourth-order valence-corrected chi connectivity index (χ4v) is 3.01. The molecule has 0 saturated heterocycles. The van der Waals surface area contributed by atoms with Gasteiger partial charge in [-0.25, -0.2) is 0 Å². The van der Waals surface area contributed by atoms with Crippen LogP contribution in [-0.4, -0.2) is 25.1 Å². The Kier molecular flexibility index (Phi) is 3.87. The highest BCUT2D eigenvalue weighted by molar-refractivity contribution is 6.01. The molecular weight excluding hydrogens is 216 g/mol. The molecule has 3 nitrogen and oxygen atoms in total. The number of ether oxygens (including phenoxy) is 2. The lowest BCUT2D eigenvalue weighted by atomic mass is 9.74. The highest BCUT2D eigenvalue weighted by Gasteiger charge is 2.43. The lowest BCUT2D eigenvalue weighted by Crippen LogP contribution is -2.45. The van der Waals surface area contributed by atoms with Gasteiger partial charge in [-0.2, -0.15) is 0 Å². The van der Waals surface area contributed by atoms with E-state index in [4.69, 9.17) is 9.47 Å². The summed E-state index contributed by atoms with van der Waals surface area (Å²) >= 11 is 0. The van der Waals surface area contributed by atoms with E-state index in [0.29, 0.717) is 5.92 Å². The number of ketones is 1. The summed E-state index contributed by atoms with van der Waals surface area (Å²) in [6, 6.07) is 0. The summed E-state index contributed by atoms with van der Waals surface area (Å²) in [4.78, 5) is 12.6. The van der Waals surface area contributed by atoms with Gasteiger partial charge in [0.25, 0.3) is 0 Å². The Morgan fingerprint density at radius 3 is 2.94 bits per heavy atom. The first-order chi connectivity index (χ1) is 8.18. The summed E-state index contributed by atoms with van der Waals surface area (Å²) < 4.78 is 10.9. The molecule has 3 heteroatoms. The Bertz CT molecular complexity index is 321. The molecule has 2 rings (SSSR count). The maximum atomic E-state index is 12.6. The number of methoxy groups -OCH3 is 1. The van der Waals surface area contributed by atoms with Crippen LogP contribution >= 0.6 is 0 Å². The molecule has 0 spiro atoms. The van der Waals surface area contributed by atoms with Gasteiger partial charge in [-0.1, -0.05) is 13.3 Å². The molecule has 1 aliphatic heterocycles. The number of hydrogen-bond acceptors (Lipinski definition) is 3. The van der Waals surface area contributed by atoms with E-state index in [1.807, 2.05) is 0 Å². The van der Waals surface area contributed by atoms with Gasteiger partial charge in [0.1, 0.15) is 5.60 Å². The van der Waals surface area contributed by atoms with Gasteiger partial charge in [0.2, 0.25) is 0 Å². The van der Waals surface area contributed by atoms with E-state index in [0.717, 1.165) is 44.3 Å². The molecule has 1 heterocycles. The second kappa shape index (κ2) is 5.21. The Morgan fingerprint density at radius 1 is 1.53 bits per heavy atom. The average molecular weight is 238 g/mol. The van der Waals surface area contributed by atoms with E-state index in [1.54, 1.807) is 13.4 Å². The smallest absolute Gasteiger partial charge is 0.193 e. The lowest BCUT2D eigenvalue weighted by Gasteiger charge is -2.38. The molecule has 0 N–H and O–H groups in total. The Hall–Kier alpha value is -0.830. The molecule has 0 aromatic carbocycles. The van der Waals surface area contributed by atoms with Crippen LogP contribution in [0.15, 0.2) is 11.8 Å². The second-order valence-electron chi connectivity index (χ2n) is 5.35. The van der Waals surface area contributed by atoms with E-state index in [1.165, 1.54) is 6.42 Å². The molecule has 1 fully saturated rings. The molecule has 2 aliphatic rings. The van der Waals surface area contributed by atoms with Crippen molar-refractivity contribution in [1.29, 1.82) is 0 Å². The minimum atomic E-state index is -0.579. The molecule has 1 saturated carbocycles. The number of carbonyl (C=O) groups is 1. The monoisotopic (exact) mass is 238 g/mol. The molecular formula is C14H22O3. The second-order valence-corrected chi connectivity index (χ2v) is 5.35. The van der Waals surface area contributed by atoms with E-state index >= 15 is 0 Å². The molecule has 0 radical (unpaired) electrons. The third kappa shape index (κ3) is 2.54. The van der Waals surface area contributed by atoms with Crippen molar-refractivity contribution in [1.82, 2.24) is 0 Å². The van der Waals surface area contributed by atoms with Crippen molar-refractivity contribution < 1.29 is 14.3 Å². The minimum absolute atomic E-state index is 0.159. The third-order valence-corrected chi connectivity index (χ3v) is 3.99. The molecule has 96 valence electrons. The quantitative estimate of drug-likeness (QED) is 0.758. The van der Waals surface area contributed by atoms with E-state index in [2.05, 4.69) is 6.92 Å². The van der Waals surface area contributed by atoms with Crippen molar-refractivity contribution in [3.05, 3.63) is 11.8 Å². The Labute approximate surface area is 103 Å². The van der Waals surface area contributed by atoms with Crippen molar-refractivity contribution in [3.8, 4) is 0 Å². The van der Waals surface area contributed by atoms with Gasteiger partial charge < -0.3 is 9.47 Å². The molecule has 2 unspecified atom stereocenters. The molecule has 2 atom stereocenters. The Morgan fingerprint density at radius 2 is 2.35 bits per heavy atom. The maximum Gasteiger partial charge on any atom is 0.193 e. The van der Waals surface area contributed by atoms with Crippen molar-refractivity contribution in [3.63, 3.8) is 0 Å². The number of hydrogen-bond donors (Lipinski definition) is 0. The van der Waals surface area contributed by atoms with Crippen LogP contribution in [0.3, 0.4) is 0 Å². The van der Waals surface area contributed by atoms with E-state index in [9.17, 15) is 4.79 Å². The fraction of sp³-hybridized carbons (Fsp3) is 0.786. The van der Waals surface area contributed by atoms with Crippen LogP contribution in [0.25, 0.3) is 0 Å². The lowest BCUT2D eigenvalue weighted by molar-refractivity contribution is -0.143. The summed E-state index contributed by atoms with van der Waals surface area (Å²) in [5, 5.41) is 0. The van der Waals surface area contributed by atoms with Crippen molar-refractivity contribution in [2.45, 2.75) is 51.0 Å². The number of Topliss-reactive ketones (excluding diaryl/α,β-unsaturated/α-hetero) is 1. The zero-order valence-corrected chi connectivity index (χ0v) is 10.8. The molecule has 17 heavy (non-hydrogen) atoms. The normalized spacial score (nSPS) is 33.8. The van der Waals surface area contributed by atoms with Crippen molar-refractivity contribution in [2.75, 3.05) is 13.7 Å². The van der Waals surface area contributed by atoms with Crippen LogP contribution in [0, 0.1) is 5.92 Å². The van der Waals surface area contributed by atoms with E-state index in [-0.39, 0.29) is 5.78 Å². The molecule has 0 aromatic rings. The van der Waals surface area contributed by atoms with E-state index < -0.39 is 5.60 Å². The molecule has 1 aliphatic carbocycles. The largest absolute Gasteiger partial charge is 0.501 e. The minimum Gasteiger partial charge on any atom is -0.501 e. The number of carbonyl (C=O) groups excluding carboxylic acids is 1. The third-order valence-electron chi connectivity index (χ3n) is 3.99. The first-order valence-corrected chi connectivity index (χ1v) is 6.58. The topological polar surface area (TPSA) is 35.5 Å². The standard InChI is InChI=1S/C14H22O3/c1-11-5-3-7-14(9-11,16-2)13(15)12-6-4-8-17-10-12/h10-11H,3-9H2,1-2H3. The summed E-state index contributed by atoms with van der Waals surface area (Å²) in [5.41, 5.74) is 0.233. The van der Waals surface area contributed by atoms with Crippen LogP contribution < -0.4 is 0 Å². The maximum absolute atomic E-state index is 12.6. The summed E-state index contributed by atoms with van der Waals surface area (Å²) in [6.07, 6.45) is 7.39. The van der Waals surface area contributed by atoms with Crippen molar-refractivity contribution >= 4 is 5.78 Å². The van der Waals surface area contributed by atoms with Gasteiger partial charge in [-0.3, -0.25) is 4.79 Å². The zero-order chi connectivity index (χ0) is 12.3. The summed E-state index contributed by atoms with van der Waals surface area (Å²) in [7, 11) is 1.67. The van der Waals surface area contributed by atoms with Crippen LogP contribution in [0.4, 0.5) is 0 Å². The predicted octanol–water partition coefficient (Wildman–Crippen LogP) is 2.85. The predicted molar refractivity (Wildman–Crippen MR) is 65.6 cm³/mol. The van der Waals surface area contributed by atoms with Crippen molar-refractivity contribution in [2.24, 2.45) is 5.92 Å².